The highest BCUT2D eigenvalue weighted by molar-refractivity contribution is 9.10. The number of benzene rings is 1. The first-order valence-electron chi connectivity index (χ1n) is 6.52. The molecule has 1 aromatic carbocycles. The van der Waals surface area contributed by atoms with Gasteiger partial charge in [0.05, 0.1) is 10.6 Å². The molecule has 1 amide bonds. The van der Waals surface area contributed by atoms with Crippen LogP contribution in [0.3, 0.4) is 0 Å². The van der Waals surface area contributed by atoms with Gasteiger partial charge in [0.25, 0.3) is 5.91 Å². The molecule has 0 aliphatic carbocycles. The second-order valence-corrected chi connectivity index (χ2v) is 6.37. The fourth-order valence-corrected chi connectivity index (χ4v) is 3.13. The van der Waals surface area contributed by atoms with Crippen molar-refractivity contribution < 1.29 is 4.79 Å². The highest BCUT2D eigenvalue weighted by atomic mass is 79.9. The summed E-state index contributed by atoms with van der Waals surface area (Å²) in [6.07, 6.45) is 3.12. The quantitative estimate of drug-likeness (QED) is 0.892. The van der Waals surface area contributed by atoms with E-state index in [2.05, 4.69) is 15.9 Å². The Hall–Kier alpha value is -0.580. The first-order chi connectivity index (χ1) is 9.00. The van der Waals surface area contributed by atoms with Crippen LogP contribution in [0.1, 0.15) is 36.5 Å². The van der Waals surface area contributed by atoms with Crippen LogP contribution in [0.15, 0.2) is 22.7 Å². The maximum Gasteiger partial charge on any atom is 0.255 e. The molecule has 1 aliphatic heterocycles. The van der Waals surface area contributed by atoms with Gasteiger partial charge in [-0.05, 0) is 44.4 Å². The first-order valence-corrected chi connectivity index (χ1v) is 7.69. The molecule has 19 heavy (non-hydrogen) atoms. The van der Waals surface area contributed by atoms with Gasteiger partial charge in [0.15, 0.2) is 0 Å². The van der Waals surface area contributed by atoms with Crippen LogP contribution in [-0.4, -0.2) is 29.4 Å². The van der Waals surface area contributed by atoms with Crippen molar-refractivity contribution >= 4 is 33.4 Å². The summed E-state index contributed by atoms with van der Waals surface area (Å²) >= 11 is 9.52. The van der Waals surface area contributed by atoms with E-state index < -0.39 is 0 Å². The van der Waals surface area contributed by atoms with Crippen molar-refractivity contribution in [3.8, 4) is 0 Å². The fourth-order valence-electron chi connectivity index (χ4n) is 2.57. The van der Waals surface area contributed by atoms with E-state index >= 15 is 0 Å². The first kappa shape index (κ1) is 14.8. The van der Waals surface area contributed by atoms with Gasteiger partial charge in [0, 0.05) is 23.1 Å². The van der Waals surface area contributed by atoms with Crippen LogP contribution < -0.4 is 5.73 Å². The van der Waals surface area contributed by atoms with Crippen molar-refractivity contribution in [1.29, 1.82) is 0 Å². The van der Waals surface area contributed by atoms with Gasteiger partial charge in [0.2, 0.25) is 0 Å². The maximum atomic E-state index is 12.7. The Labute approximate surface area is 127 Å². The summed E-state index contributed by atoms with van der Waals surface area (Å²) in [5, 5.41) is 0.488. The van der Waals surface area contributed by atoms with Crippen molar-refractivity contribution in [3.63, 3.8) is 0 Å². The smallest absolute Gasteiger partial charge is 0.255 e. The molecule has 0 radical (unpaired) electrons. The van der Waals surface area contributed by atoms with Crippen molar-refractivity contribution in [1.82, 2.24) is 4.90 Å². The lowest BCUT2D eigenvalue weighted by molar-refractivity contribution is 0.0584. The summed E-state index contributed by atoms with van der Waals surface area (Å²) in [5.41, 5.74) is 6.55. The van der Waals surface area contributed by atoms with Gasteiger partial charge in [-0.2, -0.15) is 0 Å². The lowest BCUT2D eigenvalue weighted by Crippen LogP contribution is -2.51. The monoisotopic (exact) mass is 344 g/mol. The molecule has 1 aromatic rings. The van der Waals surface area contributed by atoms with Gasteiger partial charge in [-0.3, -0.25) is 4.79 Å². The van der Waals surface area contributed by atoms with Gasteiger partial charge < -0.3 is 10.6 Å². The molecule has 2 N–H and O–H groups in total. The molecular weight excluding hydrogens is 328 g/mol. The van der Waals surface area contributed by atoms with Crippen molar-refractivity contribution in [3.05, 3.63) is 33.3 Å². The summed E-state index contributed by atoms with van der Waals surface area (Å²) in [7, 11) is 0. The van der Waals surface area contributed by atoms with E-state index in [4.69, 9.17) is 17.3 Å². The van der Waals surface area contributed by atoms with Gasteiger partial charge in [-0.25, -0.2) is 0 Å². The number of nitrogens with zero attached hydrogens (tertiary/aromatic N) is 1. The molecule has 1 saturated heterocycles. The molecule has 0 saturated carbocycles. The molecule has 3 nitrogen and oxygen atoms in total. The molecule has 1 heterocycles. The van der Waals surface area contributed by atoms with Crippen LogP contribution in [0.2, 0.25) is 5.02 Å². The number of piperidine rings is 1. The standard InChI is InChI=1S/C14H18BrClN2O/c1-9(17)13-4-2-3-7-18(13)14(19)11-8-10(15)5-6-12(11)16/h5-6,8-9,13H,2-4,7,17H2,1H3. The molecule has 2 atom stereocenters. The Bertz CT molecular complexity index is 479. The minimum atomic E-state index is -0.0201. The number of halogens is 2. The van der Waals surface area contributed by atoms with E-state index in [9.17, 15) is 4.79 Å². The Kier molecular flexibility index (Phi) is 4.87. The van der Waals surface area contributed by atoms with Gasteiger partial charge in [-0.15, -0.1) is 0 Å². The molecule has 5 heteroatoms. The highest BCUT2D eigenvalue weighted by Crippen LogP contribution is 2.26. The predicted molar refractivity (Wildman–Crippen MR) is 81.5 cm³/mol. The number of amides is 1. The minimum Gasteiger partial charge on any atom is -0.334 e. The van der Waals surface area contributed by atoms with E-state index in [0.29, 0.717) is 10.6 Å². The number of nitrogens with two attached hydrogens (primary N) is 1. The zero-order valence-electron chi connectivity index (χ0n) is 10.9. The SMILES string of the molecule is CC(N)C1CCCCN1C(=O)c1cc(Br)ccc1Cl. The van der Waals surface area contributed by atoms with E-state index in [1.54, 1.807) is 12.1 Å². The average molecular weight is 346 g/mol. The number of carbonyl (C=O) groups excluding carboxylic acids is 1. The van der Waals surface area contributed by atoms with Crippen LogP contribution >= 0.6 is 27.5 Å². The third kappa shape index (κ3) is 3.30. The number of hydrogen-bond donors (Lipinski definition) is 1. The van der Waals surface area contributed by atoms with E-state index in [1.165, 1.54) is 0 Å². The molecular formula is C14H18BrClN2O. The Morgan fingerprint density at radius 1 is 1.53 bits per heavy atom. The summed E-state index contributed by atoms with van der Waals surface area (Å²) in [4.78, 5) is 14.5. The maximum absolute atomic E-state index is 12.7. The van der Waals surface area contributed by atoms with Crippen molar-refractivity contribution in [2.75, 3.05) is 6.54 Å². The summed E-state index contributed by atoms with van der Waals surface area (Å²) in [6, 6.07) is 5.44. The van der Waals surface area contributed by atoms with E-state index in [-0.39, 0.29) is 18.0 Å². The molecule has 2 unspecified atom stereocenters. The highest BCUT2D eigenvalue weighted by Gasteiger charge is 2.30. The van der Waals surface area contributed by atoms with E-state index in [1.807, 2.05) is 17.9 Å². The largest absolute Gasteiger partial charge is 0.334 e. The van der Waals surface area contributed by atoms with Gasteiger partial charge in [0.1, 0.15) is 0 Å². The van der Waals surface area contributed by atoms with Crippen LogP contribution in [0.4, 0.5) is 0 Å². The molecule has 0 aromatic heterocycles. The number of likely N-dealkylation sites (tertiary alicyclic amines) is 1. The van der Waals surface area contributed by atoms with E-state index in [0.717, 1.165) is 30.3 Å². The number of rotatable bonds is 2. The molecule has 104 valence electrons. The zero-order valence-corrected chi connectivity index (χ0v) is 13.2. The summed E-state index contributed by atoms with van der Waals surface area (Å²) < 4.78 is 0.856. The van der Waals surface area contributed by atoms with Gasteiger partial charge in [-0.1, -0.05) is 27.5 Å². The molecule has 0 spiro atoms. The molecule has 1 aliphatic rings. The van der Waals surface area contributed by atoms with Crippen LogP contribution in [0, 0.1) is 0 Å². The van der Waals surface area contributed by atoms with Crippen LogP contribution in [-0.2, 0) is 0 Å². The molecule has 1 fully saturated rings. The third-order valence-corrected chi connectivity index (χ3v) is 4.40. The summed E-state index contributed by atoms with van der Waals surface area (Å²) in [5.74, 6) is -0.0201. The lowest BCUT2D eigenvalue weighted by Gasteiger charge is -2.38. The topological polar surface area (TPSA) is 46.3 Å². The Morgan fingerprint density at radius 3 is 2.95 bits per heavy atom. The molecule has 2 rings (SSSR count). The zero-order chi connectivity index (χ0) is 14.0. The normalized spacial score (nSPS) is 21.3. The minimum absolute atomic E-state index is 0.0184. The number of hydrogen-bond acceptors (Lipinski definition) is 2. The third-order valence-electron chi connectivity index (χ3n) is 3.58. The van der Waals surface area contributed by atoms with Crippen LogP contribution in [0.25, 0.3) is 0 Å². The summed E-state index contributed by atoms with van der Waals surface area (Å²) in [6.45, 7) is 2.71. The average Bonchev–Trinajstić information content (AvgIpc) is 2.40. The van der Waals surface area contributed by atoms with Gasteiger partial charge >= 0.3 is 0 Å². The fraction of sp³-hybridized carbons (Fsp3) is 0.500. The second-order valence-electron chi connectivity index (χ2n) is 5.04. The predicted octanol–water partition coefficient (Wildman–Crippen LogP) is 3.44. The Morgan fingerprint density at radius 2 is 2.26 bits per heavy atom. The lowest BCUT2D eigenvalue weighted by atomic mass is 9.96. The van der Waals surface area contributed by atoms with Crippen molar-refractivity contribution in [2.24, 2.45) is 5.73 Å². The Balaban J connectivity index is 2.28. The van der Waals surface area contributed by atoms with Crippen LogP contribution in [0.5, 0.6) is 0 Å². The second kappa shape index (κ2) is 6.25. The van der Waals surface area contributed by atoms with Crippen molar-refractivity contribution in [2.45, 2.75) is 38.3 Å². The molecule has 0 bridgehead atoms. The number of carbonyl (C=O) groups is 1.